The molecule has 1 aromatic heterocycles. The van der Waals surface area contributed by atoms with Crippen LogP contribution in [0, 0.1) is 5.92 Å². The second-order valence-electron chi connectivity index (χ2n) is 5.68. The molecule has 1 aromatic carbocycles. The molecule has 2 N–H and O–H groups in total. The van der Waals surface area contributed by atoms with Crippen LogP contribution >= 0.6 is 23.7 Å². The topological polar surface area (TPSA) is 54.0 Å². The molecule has 124 valence electrons. The first-order chi connectivity index (χ1) is 10.8. The predicted molar refractivity (Wildman–Crippen MR) is 98.3 cm³/mol. The second kappa shape index (κ2) is 9.01. The Morgan fingerprint density at radius 1 is 1.26 bits per heavy atom. The number of carbonyl (C=O) groups excluding carboxylic acids is 1. The number of nitrogens with zero attached hydrogens (tertiary/aromatic N) is 1. The van der Waals surface area contributed by atoms with E-state index >= 15 is 0 Å². The number of thiazole rings is 1. The molecule has 0 atom stereocenters. The van der Waals surface area contributed by atoms with Crippen LogP contribution in [-0.2, 0) is 4.79 Å². The maximum Gasteiger partial charge on any atom is 0.226 e. The fraction of sp³-hybridized carbons (Fsp3) is 0.412. The molecule has 0 bridgehead atoms. The molecule has 4 nitrogen and oxygen atoms in total. The Balaban J connectivity index is 0.00000192. The lowest BCUT2D eigenvalue weighted by Gasteiger charge is -2.21. The summed E-state index contributed by atoms with van der Waals surface area (Å²) in [6, 6.07) is 10.1. The van der Waals surface area contributed by atoms with Crippen molar-refractivity contribution in [1.82, 2.24) is 10.3 Å². The van der Waals surface area contributed by atoms with Gasteiger partial charge in [-0.3, -0.25) is 4.79 Å². The van der Waals surface area contributed by atoms with Gasteiger partial charge in [-0.05, 0) is 43.8 Å². The Morgan fingerprint density at radius 3 is 2.74 bits per heavy atom. The zero-order valence-electron chi connectivity index (χ0n) is 13.0. The lowest BCUT2D eigenvalue weighted by atomic mass is 9.93. The highest BCUT2D eigenvalue weighted by molar-refractivity contribution is 7.19. The van der Waals surface area contributed by atoms with Gasteiger partial charge in [-0.2, -0.15) is 0 Å². The summed E-state index contributed by atoms with van der Waals surface area (Å²) >= 11 is 1.52. The Bertz CT molecular complexity index is 611. The molecule has 1 aliphatic rings. The fourth-order valence-corrected chi connectivity index (χ4v) is 3.59. The number of hydrogen-bond donors (Lipinski definition) is 2. The van der Waals surface area contributed by atoms with Crippen molar-refractivity contribution in [3.8, 4) is 10.4 Å². The normalized spacial score (nSPS) is 15.0. The van der Waals surface area contributed by atoms with E-state index in [4.69, 9.17) is 0 Å². The van der Waals surface area contributed by atoms with Crippen LogP contribution in [0.1, 0.15) is 25.7 Å². The first-order valence-electron chi connectivity index (χ1n) is 7.83. The van der Waals surface area contributed by atoms with Crippen molar-refractivity contribution in [2.45, 2.75) is 25.7 Å². The number of piperidine rings is 1. The van der Waals surface area contributed by atoms with Crippen molar-refractivity contribution in [1.29, 1.82) is 0 Å². The third kappa shape index (κ3) is 5.30. The van der Waals surface area contributed by atoms with E-state index in [-0.39, 0.29) is 18.3 Å². The highest BCUT2D eigenvalue weighted by Crippen LogP contribution is 2.28. The number of anilines is 1. The van der Waals surface area contributed by atoms with E-state index in [0.717, 1.165) is 30.0 Å². The molecule has 0 spiro atoms. The molecule has 0 saturated carbocycles. The van der Waals surface area contributed by atoms with Gasteiger partial charge in [-0.1, -0.05) is 41.7 Å². The summed E-state index contributed by atoms with van der Waals surface area (Å²) in [5, 5.41) is 6.97. The van der Waals surface area contributed by atoms with Crippen LogP contribution < -0.4 is 10.6 Å². The first-order valence-corrected chi connectivity index (χ1v) is 8.65. The summed E-state index contributed by atoms with van der Waals surface area (Å²) in [5.41, 5.74) is 1.13. The maximum atomic E-state index is 12.0. The van der Waals surface area contributed by atoms with Gasteiger partial charge < -0.3 is 10.6 Å². The Morgan fingerprint density at radius 2 is 2.00 bits per heavy atom. The summed E-state index contributed by atoms with van der Waals surface area (Å²) in [6.07, 6.45) is 5.75. The number of aromatic nitrogens is 1. The number of benzene rings is 1. The van der Waals surface area contributed by atoms with Crippen LogP contribution in [0.25, 0.3) is 10.4 Å². The molecule has 1 amide bonds. The van der Waals surface area contributed by atoms with E-state index in [1.54, 1.807) is 0 Å². The smallest absolute Gasteiger partial charge is 0.226 e. The number of rotatable bonds is 5. The molecule has 3 rings (SSSR count). The largest absolute Gasteiger partial charge is 0.317 e. The third-order valence-electron chi connectivity index (χ3n) is 4.05. The summed E-state index contributed by atoms with van der Waals surface area (Å²) < 4.78 is 0. The highest BCUT2D eigenvalue weighted by atomic mass is 35.5. The van der Waals surface area contributed by atoms with Crippen molar-refractivity contribution in [2.75, 3.05) is 18.4 Å². The average molecular weight is 352 g/mol. The molecule has 0 aliphatic carbocycles. The van der Waals surface area contributed by atoms with Gasteiger partial charge in [0, 0.05) is 12.6 Å². The van der Waals surface area contributed by atoms with Crippen molar-refractivity contribution in [3.63, 3.8) is 0 Å². The van der Waals surface area contributed by atoms with E-state index in [1.807, 2.05) is 24.4 Å². The summed E-state index contributed by atoms with van der Waals surface area (Å²) in [4.78, 5) is 17.4. The van der Waals surface area contributed by atoms with E-state index in [0.29, 0.717) is 17.5 Å². The summed E-state index contributed by atoms with van der Waals surface area (Å²) in [7, 11) is 0. The molecule has 1 saturated heterocycles. The Kier molecular flexibility index (Phi) is 7.02. The minimum absolute atomic E-state index is 0. The van der Waals surface area contributed by atoms with Crippen LogP contribution in [0.3, 0.4) is 0 Å². The van der Waals surface area contributed by atoms with Gasteiger partial charge >= 0.3 is 0 Å². The van der Waals surface area contributed by atoms with Crippen LogP contribution in [-0.4, -0.2) is 24.0 Å². The monoisotopic (exact) mass is 351 g/mol. The lowest BCUT2D eigenvalue weighted by Crippen LogP contribution is -2.28. The second-order valence-corrected chi connectivity index (χ2v) is 6.71. The highest BCUT2D eigenvalue weighted by Gasteiger charge is 2.15. The van der Waals surface area contributed by atoms with Gasteiger partial charge in [-0.25, -0.2) is 4.98 Å². The molecule has 0 radical (unpaired) electrons. The Labute approximate surface area is 147 Å². The predicted octanol–water partition coefficient (Wildman–Crippen LogP) is 3.95. The van der Waals surface area contributed by atoms with E-state index in [1.165, 1.54) is 24.2 Å². The van der Waals surface area contributed by atoms with Gasteiger partial charge in [-0.15, -0.1) is 12.4 Å². The Hall–Kier alpha value is -1.43. The third-order valence-corrected chi connectivity index (χ3v) is 5.01. The molecular formula is C17H22ClN3OS. The van der Waals surface area contributed by atoms with Gasteiger partial charge in [0.2, 0.25) is 5.91 Å². The average Bonchev–Trinajstić information content (AvgIpc) is 3.03. The SMILES string of the molecule is Cl.O=C(CCC1CCNCC1)Nc1ncc(-c2ccccc2)s1. The summed E-state index contributed by atoms with van der Waals surface area (Å²) in [5.74, 6) is 0.760. The van der Waals surface area contributed by atoms with Crippen LogP contribution in [0.2, 0.25) is 0 Å². The van der Waals surface area contributed by atoms with Crippen LogP contribution in [0.4, 0.5) is 5.13 Å². The summed E-state index contributed by atoms with van der Waals surface area (Å²) in [6.45, 7) is 2.17. The van der Waals surface area contributed by atoms with E-state index < -0.39 is 0 Å². The fourth-order valence-electron chi connectivity index (χ4n) is 2.76. The number of nitrogens with one attached hydrogen (secondary N) is 2. The van der Waals surface area contributed by atoms with Crippen molar-refractivity contribution >= 4 is 34.8 Å². The van der Waals surface area contributed by atoms with Gasteiger partial charge in [0.1, 0.15) is 0 Å². The van der Waals surface area contributed by atoms with E-state index in [9.17, 15) is 4.79 Å². The van der Waals surface area contributed by atoms with Crippen molar-refractivity contribution in [3.05, 3.63) is 36.5 Å². The number of hydrogen-bond acceptors (Lipinski definition) is 4. The molecule has 2 heterocycles. The zero-order chi connectivity index (χ0) is 15.2. The lowest BCUT2D eigenvalue weighted by molar-refractivity contribution is -0.116. The number of amides is 1. The molecule has 6 heteroatoms. The minimum Gasteiger partial charge on any atom is -0.317 e. The standard InChI is InChI=1S/C17H21N3OS.ClH/c21-16(7-6-13-8-10-18-11-9-13)20-17-19-12-15(22-17)14-4-2-1-3-5-14;/h1-5,12-13,18H,6-11H2,(H,19,20,21);1H. The number of carbonyl (C=O) groups is 1. The van der Waals surface area contributed by atoms with Gasteiger partial charge in [0.05, 0.1) is 4.88 Å². The molecule has 0 unspecified atom stereocenters. The molecule has 1 aliphatic heterocycles. The molecular weight excluding hydrogens is 330 g/mol. The number of halogens is 1. The van der Waals surface area contributed by atoms with Gasteiger partial charge in [0.15, 0.2) is 5.13 Å². The van der Waals surface area contributed by atoms with Crippen molar-refractivity contribution in [2.24, 2.45) is 5.92 Å². The molecule has 2 aromatic rings. The molecule has 23 heavy (non-hydrogen) atoms. The maximum absolute atomic E-state index is 12.0. The molecule has 1 fully saturated rings. The van der Waals surface area contributed by atoms with E-state index in [2.05, 4.69) is 27.8 Å². The first kappa shape index (κ1) is 17.9. The van der Waals surface area contributed by atoms with Crippen LogP contribution in [0.5, 0.6) is 0 Å². The quantitative estimate of drug-likeness (QED) is 0.857. The zero-order valence-corrected chi connectivity index (χ0v) is 14.6. The van der Waals surface area contributed by atoms with Gasteiger partial charge in [0.25, 0.3) is 0 Å². The van der Waals surface area contributed by atoms with Crippen LogP contribution in [0.15, 0.2) is 36.5 Å². The van der Waals surface area contributed by atoms with Crippen molar-refractivity contribution < 1.29 is 4.79 Å². The minimum atomic E-state index is 0.